The number of carbonyl (C=O) groups is 1. The molecule has 0 bridgehead atoms. The van der Waals surface area contributed by atoms with Crippen molar-refractivity contribution < 1.29 is 4.79 Å². The highest BCUT2D eigenvalue weighted by Gasteiger charge is 2.29. The number of amides is 1. The maximum absolute atomic E-state index is 12.9. The second-order valence-electron chi connectivity index (χ2n) is 5.71. The molecule has 4 nitrogen and oxygen atoms in total. The molecule has 1 amide bonds. The van der Waals surface area contributed by atoms with Crippen LogP contribution in [0, 0.1) is 6.92 Å². The summed E-state index contributed by atoms with van der Waals surface area (Å²) in [4.78, 5) is 20.9. The first kappa shape index (κ1) is 14.3. The lowest BCUT2D eigenvalue weighted by Crippen LogP contribution is -2.43. The van der Waals surface area contributed by atoms with Crippen molar-refractivity contribution in [3.8, 4) is 0 Å². The number of fused-ring (bicyclic) bond motifs is 1. The molecule has 1 aliphatic heterocycles. The van der Waals surface area contributed by atoms with Crippen LogP contribution in [0.15, 0.2) is 12.1 Å². The van der Waals surface area contributed by atoms with E-state index in [0.717, 1.165) is 41.7 Å². The van der Waals surface area contributed by atoms with Crippen LogP contribution in [0.4, 0.5) is 5.69 Å². The van der Waals surface area contributed by atoms with Crippen LogP contribution in [0.2, 0.25) is 0 Å². The quantitative estimate of drug-likeness (QED) is 0.922. The fraction of sp³-hybridized carbons (Fsp3) is 0.500. The summed E-state index contributed by atoms with van der Waals surface area (Å²) >= 11 is 1.43. The third-order valence-electron chi connectivity index (χ3n) is 4.29. The van der Waals surface area contributed by atoms with Crippen molar-refractivity contribution in [1.29, 1.82) is 0 Å². The lowest BCUT2D eigenvalue weighted by atomic mass is 9.99. The molecule has 0 aromatic carbocycles. The zero-order chi connectivity index (χ0) is 15.0. The van der Waals surface area contributed by atoms with Crippen LogP contribution in [-0.2, 0) is 0 Å². The van der Waals surface area contributed by atoms with Gasteiger partial charge in [0.15, 0.2) is 0 Å². The van der Waals surface area contributed by atoms with Gasteiger partial charge in [0.2, 0.25) is 0 Å². The van der Waals surface area contributed by atoms with Gasteiger partial charge in [-0.1, -0.05) is 6.92 Å². The van der Waals surface area contributed by atoms with Crippen molar-refractivity contribution in [2.24, 2.45) is 0 Å². The summed E-state index contributed by atoms with van der Waals surface area (Å²) in [6.07, 6.45) is 4.41. The number of nitrogens with two attached hydrogens (primary N) is 1. The molecule has 3 rings (SSSR count). The SMILES string of the molecule is CCC1CCCCN1C(=O)c1sc2nc(C)ccc2c1N. The Morgan fingerprint density at radius 3 is 3.05 bits per heavy atom. The minimum atomic E-state index is 0.0831. The summed E-state index contributed by atoms with van der Waals surface area (Å²) in [7, 11) is 0. The van der Waals surface area contributed by atoms with E-state index in [1.165, 1.54) is 17.8 Å². The second kappa shape index (κ2) is 5.64. The third-order valence-corrected chi connectivity index (χ3v) is 5.39. The van der Waals surface area contributed by atoms with E-state index in [2.05, 4.69) is 11.9 Å². The van der Waals surface area contributed by atoms with Gasteiger partial charge in [-0.2, -0.15) is 0 Å². The Balaban J connectivity index is 1.99. The minimum Gasteiger partial charge on any atom is -0.397 e. The number of aryl methyl sites for hydroxylation is 1. The molecule has 1 unspecified atom stereocenters. The molecule has 21 heavy (non-hydrogen) atoms. The minimum absolute atomic E-state index is 0.0831. The summed E-state index contributed by atoms with van der Waals surface area (Å²) in [5.41, 5.74) is 7.75. The van der Waals surface area contributed by atoms with E-state index in [-0.39, 0.29) is 5.91 Å². The van der Waals surface area contributed by atoms with E-state index in [1.807, 2.05) is 24.0 Å². The van der Waals surface area contributed by atoms with Crippen molar-refractivity contribution in [2.75, 3.05) is 12.3 Å². The molecule has 0 aliphatic carbocycles. The number of anilines is 1. The van der Waals surface area contributed by atoms with Crippen LogP contribution in [0.5, 0.6) is 0 Å². The van der Waals surface area contributed by atoms with Crippen molar-refractivity contribution in [2.45, 2.75) is 45.6 Å². The summed E-state index contributed by atoms with van der Waals surface area (Å²) in [6.45, 7) is 4.95. The monoisotopic (exact) mass is 303 g/mol. The molecule has 2 aromatic heterocycles. The molecule has 2 aromatic rings. The Morgan fingerprint density at radius 1 is 1.48 bits per heavy atom. The predicted molar refractivity (Wildman–Crippen MR) is 87.7 cm³/mol. The van der Waals surface area contributed by atoms with E-state index in [1.54, 1.807) is 0 Å². The molecule has 1 aliphatic rings. The molecule has 5 heteroatoms. The molecule has 2 N–H and O–H groups in total. The number of aromatic nitrogens is 1. The zero-order valence-corrected chi connectivity index (χ0v) is 13.4. The lowest BCUT2D eigenvalue weighted by molar-refractivity contribution is 0.0614. The second-order valence-corrected chi connectivity index (χ2v) is 6.71. The highest BCUT2D eigenvalue weighted by molar-refractivity contribution is 7.21. The molecule has 1 fully saturated rings. The number of rotatable bonds is 2. The maximum Gasteiger partial charge on any atom is 0.266 e. The first-order chi connectivity index (χ1) is 10.1. The van der Waals surface area contributed by atoms with Gasteiger partial charge >= 0.3 is 0 Å². The van der Waals surface area contributed by atoms with Crippen LogP contribution in [-0.4, -0.2) is 28.4 Å². The topological polar surface area (TPSA) is 59.2 Å². The molecule has 1 atom stereocenters. The van der Waals surface area contributed by atoms with Gasteiger partial charge in [-0.15, -0.1) is 11.3 Å². The molecule has 112 valence electrons. The Hall–Kier alpha value is -1.62. The molecular weight excluding hydrogens is 282 g/mol. The van der Waals surface area contributed by atoms with E-state index in [9.17, 15) is 4.79 Å². The van der Waals surface area contributed by atoms with Crippen LogP contribution in [0.1, 0.15) is 48.0 Å². The van der Waals surface area contributed by atoms with E-state index < -0.39 is 0 Å². The van der Waals surface area contributed by atoms with Gasteiger partial charge in [-0.3, -0.25) is 4.79 Å². The number of likely N-dealkylation sites (tertiary alicyclic amines) is 1. The molecular formula is C16H21N3OS. The summed E-state index contributed by atoms with van der Waals surface area (Å²) in [5.74, 6) is 0.0831. The number of carbonyl (C=O) groups excluding carboxylic acids is 1. The van der Waals surface area contributed by atoms with Crippen LogP contribution in [0.3, 0.4) is 0 Å². The van der Waals surface area contributed by atoms with Crippen molar-refractivity contribution in [1.82, 2.24) is 9.88 Å². The predicted octanol–water partition coefficient (Wildman–Crippen LogP) is 3.59. The fourth-order valence-electron chi connectivity index (χ4n) is 3.07. The summed E-state index contributed by atoms with van der Waals surface area (Å²) < 4.78 is 0. The Bertz CT molecular complexity index is 679. The zero-order valence-electron chi connectivity index (χ0n) is 12.6. The normalized spacial score (nSPS) is 19.1. The van der Waals surface area contributed by atoms with Crippen LogP contribution >= 0.6 is 11.3 Å². The third kappa shape index (κ3) is 2.50. The number of nitrogens with zero attached hydrogens (tertiary/aromatic N) is 2. The van der Waals surface area contributed by atoms with Gasteiger partial charge in [-0.25, -0.2) is 4.98 Å². The summed E-state index contributed by atoms with van der Waals surface area (Å²) in [5, 5.41) is 0.902. The van der Waals surface area contributed by atoms with Gasteiger partial charge in [0, 0.05) is 23.7 Å². The Kier molecular flexibility index (Phi) is 3.85. The van der Waals surface area contributed by atoms with Crippen molar-refractivity contribution >= 4 is 33.1 Å². The van der Waals surface area contributed by atoms with Gasteiger partial charge in [0.05, 0.1) is 5.69 Å². The van der Waals surface area contributed by atoms with E-state index >= 15 is 0 Å². The molecule has 1 saturated heterocycles. The lowest BCUT2D eigenvalue weighted by Gasteiger charge is -2.35. The first-order valence-corrected chi connectivity index (χ1v) is 8.40. The Labute approximate surface area is 129 Å². The van der Waals surface area contributed by atoms with Gasteiger partial charge in [0.1, 0.15) is 9.71 Å². The number of hydrogen-bond acceptors (Lipinski definition) is 4. The smallest absolute Gasteiger partial charge is 0.266 e. The maximum atomic E-state index is 12.9. The van der Waals surface area contributed by atoms with Gasteiger partial charge < -0.3 is 10.6 Å². The van der Waals surface area contributed by atoms with Gasteiger partial charge in [0.25, 0.3) is 5.91 Å². The number of pyridine rings is 1. The van der Waals surface area contributed by atoms with Crippen LogP contribution < -0.4 is 5.73 Å². The number of nitrogen functional groups attached to an aromatic ring is 1. The van der Waals surface area contributed by atoms with E-state index in [4.69, 9.17) is 5.73 Å². The number of hydrogen-bond donors (Lipinski definition) is 1. The molecule has 3 heterocycles. The fourth-order valence-corrected chi connectivity index (χ4v) is 4.17. The number of piperidine rings is 1. The summed E-state index contributed by atoms with van der Waals surface area (Å²) in [6, 6.07) is 4.26. The highest BCUT2D eigenvalue weighted by Crippen LogP contribution is 2.34. The van der Waals surface area contributed by atoms with Crippen molar-refractivity contribution in [3.05, 3.63) is 22.7 Å². The molecule has 0 saturated carbocycles. The number of thiophene rings is 1. The molecule has 0 radical (unpaired) electrons. The van der Waals surface area contributed by atoms with Crippen molar-refractivity contribution in [3.63, 3.8) is 0 Å². The standard InChI is InChI=1S/C16H21N3OS/c1-3-11-6-4-5-9-19(11)16(20)14-13(17)12-8-7-10(2)18-15(12)21-14/h7-8,11H,3-6,9,17H2,1-2H3. The largest absolute Gasteiger partial charge is 0.397 e. The average Bonchev–Trinajstić information content (AvgIpc) is 2.82. The molecule has 0 spiro atoms. The van der Waals surface area contributed by atoms with Gasteiger partial charge in [-0.05, 0) is 44.7 Å². The Morgan fingerprint density at radius 2 is 2.29 bits per heavy atom. The first-order valence-electron chi connectivity index (χ1n) is 7.58. The average molecular weight is 303 g/mol. The highest BCUT2D eigenvalue weighted by atomic mass is 32.1. The van der Waals surface area contributed by atoms with E-state index in [0.29, 0.717) is 16.6 Å². The van der Waals surface area contributed by atoms with Crippen LogP contribution in [0.25, 0.3) is 10.2 Å².